The van der Waals surface area contributed by atoms with Gasteiger partial charge in [-0.2, -0.15) is 0 Å². The van der Waals surface area contributed by atoms with E-state index in [0.717, 1.165) is 24.3 Å². The molecule has 2 rings (SSSR count). The standard InChI is InChI=1S/C12H16N2O3S/c1-12(4-2-5-12)11(17)13-6-3-9-14-8(7-18-9)10(15)16/h7H,2-6H2,1H3,(H,13,17)(H,15,16). The molecule has 1 aliphatic carbocycles. The van der Waals surface area contributed by atoms with Crippen molar-refractivity contribution in [2.24, 2.45) is 5.41 Å². The number of carbonyl (C=O) groups excluding carboxylic acids is 1. The lowest BCUT2D eigenvalue weighted by atomic mass is 9.70. The molecule has 1 fully saturated rings. The quantitative estimate of drug-likeness (QED) is 0.851. The Labute approximate surface area is 109 Å². The molecule has 0 aromatic carbocycles. The molecular formula is C12H16N2O3S. The monoisotopic (exact) mass is 268 g/mol. The Kier molecular flexibility index (Phi) is 3.65. The van der Waals surface area contributed by atoms with Gasteiger partial charge in [0, 0.05) is 23.8 Å². The minimum atomic E-state index is -1.01. The van der Waals surface area contributed by atoms with Crippen LogP contribution in [0.2, 0.25) is 0 Å². The highest BCUT2D eigenvalue weighted by atomic mass is 32.1. The van der Waals surface area contributed by atoms with Gasteiger partial charge < -0.3 is 10.4 Å². The van der Waals surface area contributed by atoms with Crippen LogP contribution in [-0.4, -0.2) is 28.5 Å². The van der Waals surface area contributed by atoms with Crippen molar-refractivity contribution in [1.29, 1.82) is 0 Å². The maximum Gasteiger partial charge on any atom is 0.355 e. The summed E-state index contributed by atoms with van der Waals surface area (Å²) in [4.78, 5) is 26.4. The van der Waals surface area contributed by atoms with Crippen molar-refractivity contribution in [3.05, 3.63) is 16.1 Å². The molecule has 0 spiro atoms. The summed E-state index contributed by atoms with van der Waals surface area (Å²) >= 11 is 1.31. The van der Waals surface area contributed by atoms with Crippen molar-refractivity contribution in [3.63, 3.8) is 0 Å². The minimum absolute atomic E-state index is 0.0762. The third-order valence-corrected chi connectivity index (χ3v) is 4.31. The van der Waals surface area contributed by atoms with Gasteiger partial charge >= 0.3 is 5.97 Å². The molecule has 2 N–H and O–H groups in total. The van der Waals surface area contributed by atoms with E-state index in [9.17, 15) is 9.59 Å². The summed E-state index contributed by atoms with van der Waals surface area (Å²) < 4.78 is 0. The number of hydrogen-bond donors (Lipinski definition) is 2. The van der Waals surface area contributed by atoms with Gasteiger partial charge in [0.25, 0.3) is 0 Å². The maximum atomic E-state index is 11.8. The van der Waals surface area contributed by atoms with Gasteiger partial charge in [0.2, 0.25) is 5.91 Å². The van der Waals surface area contributed by atoms with Crippen LogP contribution in [-0.2, 0) is 11.2 Å². The molecule has 1 saturated carbocycles. The van der Waals surface area contributed by atoms with E-state index in [0.29, 0.717) is 13.0 Å². The van der Waals surface area contributed by atoms with Crippen molar-refractivity contribution in [2.75, 3.05) is 6.54 Å². The number of rotatable bonds is 5. The predicted molar refractivity (Wildman–Crippen MR) is 67.7 cm³/mol. The number of hydrogen-bond acceptors (Lipinski definition) is 4. The lowest BCUT2D eigenvalue weighted by Gasteiger charge is -2.36. The number of amides is 1. The van der Waals surface area contributed by atoms with E-state index in [1.54, 1.807) is 0 Å². The molecule has 1 amide bonds. The van der Waals surface area contributed by atoms with Gasteiger partial charge in [0.05, 0.1) is 5.01 Å². The van der Waals surface area contributed by atoms with E-state index in [2.05, 4.69) is 10.3 Å². The summed E-state index contributed by atoms with van der Waals surface area (Å²) in [7, 11) is 0. The lowest BCUT2D eigenvalue weighted by molar-refractivity contribution is -0.134. The van der Waals surface area contributed by atoms with E-state index in [4.69, 9.17) is 5.11 Å². The maximum absolute atomic E-state index is 11.8. The first-order valence-electron chi connectivity index (χ1n) is 5.97. The van der Waals surface area contributed by atoms with E-state index in [-0.39, 0.29) is 17.0 Å². The smallest absolute Gasteiger partial charge is 0.355 e. The molecule has 0 atom stereocenters. The first kappa shape index (κ1) is 13.0. The SMILES string of the molecule is CC1(C(=O)NCCc2nc(C(=O)O)cs2)CCC1. The molecule has 5 nitrogen and oxygen atoms in total. The summed E-state index contributed by atoms with van der Waals surface area (Å²) in [6.07, 6.45) is 3.62. The summed E-state index contributed by atoms with van der Waals surface area (Å²) in [6.45, 7) is 2.50. The van der Waals surface area contributed by atoms with Crippen molar-refractivity contribution in [3.8, 4) is 0 Å². The third-order valence-electron chi connectivity index (χ3n) is 3.40. The number of thiazole rings is 1. The number of carboxylic acids is 1. The molecule has 0 unspecified atom stereocenters. The fraction of sp³-hybridized carbons (Fsp3) is 0.583. The average molecular weight is 268 g/mol. The molecule has 18 heavy (non-hydrogen) atoms. The normalized spacial score (nSPS) is 16.9. The fourth-order valence-electron chi connectivity index (χ4n) is 1.95. The average Bonchev–Trinajstić information content (AvgIpc) is 2.74. The van der Waals surface area contributed by atoms with Crippen LogP contribution in [0.4, 0.5) is 0 Å². The molecule has 1 aromatic rings. The number of nitrogens with zero attached hydrogens (tertiary/aromatic N) is 1. The molecular weight excluding hydrogens is 252 g/mol. The Morgan fingerprint density at radius 2 is 2.28 bits per heavy atom. The highest BCUT2D eigenvalue weighted by Gasteiger charge is 2.38. The van der Waals surface area contributed by atoms with Gasteiger partial charge in [-0.15, -0.1) is 11.3 Å². The van der Waals surface area contributed by atoms with Crippen molar-refractivity contribution in [2.45, 2.75) is 32.6 Å². The van der Waals surface area contributed by atoms with Gasteiger partial charge in [-0.25, -0.2) is 9.78 Å². The molecule has 1 aromatic heterocycles. The van der Waals surface area contributed by atoms with Crippen LogP contribution in [0, 0.1) is 5.41 Å². The lowest BCUT2D eigenvalue weighted by Crippen LogP contribution is -2.44. The van der Waals surface area contributed by atoms with Crippen molar-refractivity contribution < 1.29 is 14.7 Å². The largest absolute Gasteiger partial charge is 0.476 e. The zero-order valence-corrected chi connectivity index (χ0v) is 11.0. The molecule has 0 bridgehead atoms. The first-order chi connectivity index (χ1) is 8.51. The van der Waals surface area contributed by atoms with Crippen LogP contribution in [0.25, 0.3) is 0 Å². The molecule has 98 valence electrons. The number of aromatic nitrogens is 1. The molecule has 1 heterocycles. The molecule has 0 radical (unpaired) electrons. The summed E-state index contributed by atoms with van der Waals surface area (Å²) in [5.74, 6) is -0.910. The number of nitrogens with one attached hydrogen (secondary N) is 1. The molecule has 1 aliphatic rings. The van der Waals surface area contributed by atoms with Crippen LogP contribution in [0.1, 0.15) is 41.7 Å². The summed E-state index contributed by atoms with van der Waals surface area (Å²) in [6, 6.07) is 0. The molecule has 6 heteroatoms. The Morgan fingerprint density at radius 3 is 2.78 bits per heavy atom. The zero-order chi connectivity index (χ0) is 13.2. The van der Waals surface area contributed by atoms with Crippen LogP contribution in [0.15, 0.2) is 5.38 Å². The summed E-state index contributed by atoms with van der Waals surface area (Å²) in [5.41, 5.74) is -0.109. The van der Waals surface area contributed by atoms with Crippen molar-refractivity contribution in [1.82, 2.24) is 10.3 Å². The van der Waals surface area contributed by atoms with Gasteiger partial charge in [-0.05, 0) is 12.8 Å². The Hall–Kier alpha value is -1.43. The zero-order valence-electron chi connectivity index (χ0n) is 10.2. The Bertz CT molecular complexity index is 466. The number of aromatic carboxylic acids is 1. The van der Waals surface area contributed by atoms with Gasteiger partial charge in [0.15, 0.2) is 5.69 Å². The molecule has 0 aliphatic heterocycles. The topological polar surface area (TPSA) is 79.3 Å². The minimum Gasteiger partial charge on any atom is -0.476 e. The van der Waals surface area contributed by atoms with Crippen LogP contribution < -0.4 is 5.32 Å². The van der Waals surface area contributed by atoms with Crippen molar-refractivity contribution >= 4 is 23.2 Å². The first-order valence-corrected chi connectivity index (χ1v) is 6.85. The Morgan fingerprint density at radius 1 is 1.56 bits per heavy atom. The van der Waals surface area contributed by atoms with Crippen LogP contribution >= 0.6 is 11.3 Å². The predicted octanol–water partition coefficient (Wildman–Crippen LogP) is 1.69. The second kappa shape index (κ2) is 5.06. The highest BCUT2D eigenvalue weighted by molar-refractivity contribution is 7.09. The highest BCUT2D eigenvalue weighted by Crippen LogP contribution is 2.40. The van der Waals surface area contributed by atoms with Gasteiger partial charge in [-0.1, -0.05) is 13.3 Å². The fourth-order valence-corrected chi connectivity index (χ4v) is 2.73. The van der Waals surface area contributed by atoms with Crippen LogP contribution in [0.3, 0.4) is 0 Å². The van der Waals surface area contributed by atoms with E-state index in [1.165, 1.54) is 16.7 Å². The van der Waals surface area contributed by atoms with Crippen LogP contribution in [0.5, 0.6) is 0 Å². The van der Waals surface area contributed by atoms with E-state index in [1.807, 2.05) is 6.92 Å². The second-order valence-electron chi connectivity index (χ2n) is 4.85. The third kappa shape index (κ3) is 2.69. The van der Waals surface area contributed by atoms with E-state index >= 15 is 0 Å². The second-order valence-corrected chi connectivity index (χ2v) is 5.79. The Balaban J connectivity index is 1.77. The van der Waals surface area contributed by atoms with E-state index < -0.39 is 5.97 Å². The summed E-state index contributed by atoms with van der Waals surface area (Å²) in [5, 5.41) is 13.9. The van der Waals surface area contributed by atoms with Gasteiger partial charge in [-0.3, -0.25) is 4.79 Å². The van der Waals surface area contributed by atoms with Gasteiger partial charge in [0.1, 0.15) is 0 Å². The number of carboxylic acid groups (broad SMARTS) is 1. The molecule has 0 saturated heterocycles. The number of carbonyl (C=O) groups is 2.